The highest BCUT2D eigenvalue weighted by Crippen LogP contribution is 2.08. The lowest BCUT2D eigenvalue weighted by Gasteiger charge is -2.36. The zero-order chi connectivity index (χ0) is 9.14. The summed E-state index contributed by atoms with van der Waals surface area (Å²) in [6.45, 7) is 4.66. The quantitative estimate of drug-likeness (QED) is 0.530. The van der Waals surface area contributed by atoms with E-state index in [9.17, 15) is 4.79 Å². The number of ether oxygens (including phenoxy) is 1. The van der Waals surface area contributed by atoms with Gasteiger partial charge in [0.25, 0.3) is 0 Å². The minimum Gasteiger partial charge on any atom is -0.453 e. The van der Waals surface area contributed by atoms with Crippen LogP contribution in [0.5, 0.6) is 0 Å². The first-order chi connectivity index (χ1) is 5.65. The molecule has 1 aliphatic heterocycles. The van der Waals surface area contributed by atoms with Crippen molar-refractivity contribution >= 4 is 6.09 Å². The van der Waals surface area contributed by atoms with Gasteiger partial charge in [-0.3, -0.25) is 0 Å². The van der Waals surface area contributed by atoms with Gasteiger partial charge in [-0.15, -0.1) is 0 Å². The third kappa shape index (κ3) is 1.88. The SMILES string of the molecule is COC(=O)N1CCN(C)C[C@H]1C. The van der Waals surface area contributed by atoms with E-state index >= 15 is 0 Å². The maximum atomic E-state index is 11.2. The van der Waals surface area contributed by atoms with Crippen LogP contribution in [-0.4, -0.2) is 55.7 Å². The standard InChI is InChI=1S/C8H16N2O2/c1-7-6-9(2)4-5-10(7)8(11)12-3/h7H,4-6H2,1-3H3/t7-/m1/s1. The highest BCUT2D eigenvalue weighted by Gasteiger charge is 2.25. The van der Waals surface area contributed by atoms with Crippen molar-refractivity contribution in [1.29, 1.82) is 0 Å². The Morgan fingerprint density at radius 2 is 2.17 bits per heavy atom. The van der Waals surface area contributed by atoms with Crippen LogP contribution >= 0.6 is 0 Å². The van der Waals surface area contributed by atoms with E-state index in [1.54, 1.807) is 4.90 Å². The monoisotopic (exact) mass is 172 g/mol. The Kier molecular flexibility index (Phi) is 2.92. The Bertz CT molecular complexity index is 172. The van der Waals surface area contributed by atoms with Gasteiger partial charge in [0.2, 0.25) is 0 Å². The van der Waals surface area contributed by atoms with Crippen molar-refractivity contribution in [2.45, 2.75) is 13.0 Å². The first kappa shape index (κ1) is 9.32. The molecular weight excluding hydrogens is 156 g/mol. The Labute approximate surface area is 73.1 Å². The van der Waals surface area contributed by atoms with Crippen LogP contribution in [0.1, 0.15) is 6.92 Å². The van der Waals surface area contributed by atoms with E-state index < -0.39 is 0 Å². The number of amides is 1. The van der Waals surface area contributed by atoms with Crippen molar-refractivity contribution in [3.63, 3.8) is 0 Å². The molecule has 1 aliphatic rings. The van der Waals surface area contributed by atoms with Gasteiger partial charge >= 0.3 is 6.09 Å². The average Bonchev–Trinajstić information content (AvgIpc) is 2.03. The third-order valence-corrected chi connectivity index (χ3v) is 2.24. The lowest BCUT2D eigenvalue weighted by molar-refractivity contribution is 0.0716. The number of piperazine rings is 1. The zero-order valence-corrected chi connectivity index (χ0v) is 7.91. The molecule has 0 bridgehead atoms. The number of likely N-dealkylation sites (N-methyl/N-ethyl adjacent to an activating group) is 1. The highest BCUT2D eigenvalue weighted by atomic mass is 16.5. The van der Waals surface area contributed by atoms with E-state index in [2.05, 4.69) is 16.7 Å². The lowest BCUT2D eigenvalue weighted by atomic mass is 10.2. The fourth-order valence-corrected chi connectivity index (χ4v) is 1.53. The molecule has 0 aliphatic carbocycles. The summed E-state index contributed by atoms with van der Waals surface area (Å²) in [5.41, 5.74) is 0. The average molecular weight is 172 g/mol. The molecule has 0 spiro atoms. The summed E-state index contributed by atoms with van der Waals surface area (Å²) >= 11 is 0. The molecule has 0 N–H and O–H groups in total. The number of carbonyl (C=O) groups excluding carboxylic acids is 1. The molecule has 0 aromatic heterocycles. The Morgan fingerprint density at radius 3 is 2.67 bits per heavy atom. The molecule has 0 saturated carbocycles. The minimum atomic E-state index is -0.212. The number of methoxy groups -OCH3 is 1. The summed E-state index contributed by atoms with van der Waals surface area (Å²) in [5.74, 6) is 0. The van der Waals surface area contributed by atoms with Crippen molar-refractivity contribution in [2.24, 2.45) is 0 Å². The van der Waals surface area contributed by atoms with E-state index in [0.717, 1.165) is 19.6 Å². The van der Waals surface area contributed by atoms with Crippen molar-refractivity contribution in [3.8, 4) is 0 Å². The maximum absolute atomic E-state index is 11.2. The van der Waals surface area contributed by atoms with Gasteiger partial charge in [-0.05, 0) is 14.0 Å². The van der Waals surface area contributed by atoms with Crippen molar-refractivity contribution in [3.05, 3.63) is 0 Å². The summed E-state index contributed by atoms with van der Waals surface area (Å²) in [6, 6.07) is 0.260. The lowest BCUT2D eigenvalue weighted by Crippen LogP contribution is -2.52. The molecule has 1 amide bonds. The van der Waals surface area contributed by atoms with Crippen LogP contribution in [0, 0.1) is 0 Å². The predicted molar refractivity (Wildman–Crippen MR) is 46.1 cm³/mol. The van der Waals surface area contributed by atoms with E-state index in [0.29, 0.717) is 0 Å². The second-order valence-corrected chi connectivity index (χ2v) is 3.27. The van der Waals surface area contributed by atoms with Crippen LogP contribution in [-0.2, 0) is 4.74 Å². The number of rotatable bonds is 0. The van der Waals surface area contributed by atoms with Crippen LogP contribution in [0.15, 0.2) is 0 Å². The van der Waals surface area contributed by atoms with Gasteiger partial charge in [0.05, 0.1) is 7.11 Å². The Hall–Kier alpha value is -0.770. The van der Waals surface area contributed by atoms with Gasteiger partial charge in [0.1, 0.15) is 0 Å². The molecule has 1 heterocycles. The maximum Gasteiger partial charge on any atom is 0.409 e. The molecule has 70 valence electrons. The molecule has 4 nitrogen and oxygen atoms in total. The Morgan fingerprint density at radius 1 is 1.50 bits per heavy atom. The molecule has 4 heteroatoms. The Balaban J connectivity index is 2.50. The second kappa shape index (κ2) is 3.76. The van der Waals surface area contributed by atoms with Crippen molar-refractivity contribution in [2.75, 3.05) is 33.8 Å². The van der Waals surface area contributed by atoms with Gasteiger partial charge < -0.3 is 14.5 Å². The number of hydrogen-bond acceptors (Lipinski definition) is 3. The first-order valence-corrected chi connectivity index (χ1v) is 4.18. The van der Waals surface area contributed by atoms with Crippen LogP contribution in [0.2, 0.25) is 0 Å². The molecular formula is C8H16N2O2. The van der Waals surface area contributed by atoms with Gasteiger partial charge in [0, 0.05) is 25.7 Å². The summed E-state index contributed by atoms with van der Waals surface area (Å²) in [6.07, 6.45) is -0.212. The van der Waals surface area contributed by atoms with Crippen LogP contribution in [0.3, 0.4) is 0 Å². The first-order valence-electron chi connectivity index (χ1n) is 4.18. The normalized spacial score (nSPS) is 25.6. The van der Waals surface area contributed by atoms with Gasteiger partial charge in [0.15, 0.2) is 0 Å². The van der Waals surface area contributed by atoms with E-state index in [-0.39, 0.29) is 12.1 Å². The minimum absolute atomic E-state index is 0.212. The summed E-state index contributed by atoms with van der Waals surface area (Å²) in [4.78, 5) is 15.1. The third-order valence-electron chi connectivity index (χ3n) is 2.24. The molecule has 0 aromatic carbocycles. The molecule has 1 fully saturated rings. The molecule has 1 saturated heterocycles. The van der Waals surface area contributed by atoms with Gasteiger partial charge in [-0.1, -0.05) is 0 Å². The van der Waals surface area contributed by atoms with Crippen LogP contribution in [0.25, 0.3) is 0 Å². The molecule has 0 aromatic rings. The van der Waals surface area contributed by atoms with Gasteiger partial charge in [-0.2, -0.15) is 0 Å². The van der Waals surface area contributed by atoms with E-state index in [4.69, 9.17) is 0 Å². The van der Waals surface area contributed by atoms with Crippen molar-refractivity contribution in [1.82, 2.24) is 9.80 Å². The smallest absolute Gasteiger partial charge is 0.409 e. The fourth-order valence-electron chi connectivity index (χ4n) is 1.53. The second-order valence-electron chi connectivity index (χ2n) is 3.27. The summed E-state index contributed by atoms with van der Waals surface area (Å²) in [5, 5.41) is 0. The molecule has 0 unspecified atom stereocenters. The number of nitrogens with zero attached hydrogens (tertiary/aromatic N) is 2. The molecule has 1 atom stereocenters. The van der Waals surface area contributed by atoms with Crippen LogP contribution in [0.4, 0.5) is 4.79 Å². The highest BCUT2D eigenvalue weighted by molar-refractivity contribution is 5.67. The van der Waals surface area contributed by atoms with E-state index in [1.165, 1.54) is 7.11 Å². The zero-order valence-electron chi connectivity index (χ0n) is 7.91. The number of hydrogen-bond donors (Lipinski definition) is 0. The molecule has 0 radical (unpaired) electrons. The fraction of sp³-hybridized carbons (Fsp3) is 0.875. The van der Waals surface area contributed by atoms with E-state index in [1.807, 2.05) is 6.92 Å². The molecule has 12 heavy (non-hydrogen) atoms. The molecule has 1 rings (SSSR count). The number of carbonyl (C=O) groups is 1. The topological polar surface area (TPSA) is 32.8 Å². The summed E-state index contributed by atoms with van der Waals surface area (Å²) in [7, 11) is 3.48. The largest absolute Gasteiger partial charge is 0.453 e. The van der Waals surface area contributed by atoms with Crippen LogP contribution < -0.4 is 0 Å². The van der Waals surface area contributed by atoms with Crippen molar-refractivity contribution < 1.29 is 9.53 Å². The predicted octanol–water partition coefficient (Wildman–Crippen LogP) is 0.389. The van der Waals surface area contributed by atoms with Gasteiger partial charge in [-0.25, -0.2) is 4.79 Å². The summed E-state index contributed by atoms with van der Waals surface area (Å²) < 4.78 is 4.66.